The van der Waals surface area contributed by atoms with Crippen molar-refractivity contribution in [2.24, 2.45) is 11.7 Å². The van der Waals surface area contributed by atoms with E-state index in [9.17, 15) is 22.8 Å². The fraction of sp³-hybridized carbons (Fsp3) is 0.500. The number of rotatable bonds is 12. The maximum Gasteiger partial charge on any atom is 0.325 e. The van der Waals surface area contributed by atoms with Crippen LogP contribution in [-0.4, -0.2) is 86.8 Å². The molecule has 1 saturated carbocycles. The predicted octanol–water partition coefficient (Wildman–Crippen LogP) is 1.57. The minimum absolute atomic E-state index is 0. The zero-order valence-electron chi connectivity index (χ0n) is 23.6. The fourth-order valence-electron chi connectivity index (χ4n) is 5.05. The van der Waals surface area contributed by atoms with E-state index in [2.05, 4.69) is 10.0 Å². The number of carbonyl (C=O) groups is 3. The Morgan fingerprint density at radius 1 is 1.14 bits per heavy atom. The largest absolute Gasteiger partial charge is 0.465 e. The second kappa shape index (κ2) is 14.8. The lowest BCUT2D eigenvalue weighted by molar-refractivity contribution is -0.150. The molecule has 2 amide bonds. The van der Waals surface area contributed by atoms with Gasteiger partial charge in [0, 0.05) is 12.6 Å². The number of hydrogen-bond acceptors (Lipinski definition) is 8. The van der Waals surface area contributed by atoms with E-state index in [1.807, 2.05) is 12.1 Å². The quantitative estimate of drug-likeness (QED) is 0.157. The fourth-order valence-corrected chi connectivity index (χ4v) is 6.27. The highest BCUT2D eigenvalue weighted by atomic mass is 35.5. The molecule has 5 N–H and O–H groups in total. The first-order valence-electron chi connectivity index (χ1n) is 13.9. The van der Waals surface area contributed by atoms with Crippen LogP contribution in [0.15, 0.2) is 47.4 Å². The van der Waals surface area contributed by atoms with E-state index in [-0.39, 0.29) is 49.0 Å². The van der Waals surface area contributed by atoms with E-state index >= 15 is 0 Å². The van der Waals surface area contributed by atoms with Crippen molar-refractivity contribution in [3.05, 3.63) is 42.5 Å². The SMILES string of the molecule is CCOC(=O)CN(C(=O)[C@H](CC(=O)N(C[C@H]1CCCNC1)C(=N)N)NS(=O)(=O)c1ccc2ccccc2c1)C1CC1.Cl. The normalized spacial score (nSPS) is 17.5. The number of hydrogen-bond donors (Lipinski definition) is 4. The second-order valence-corrected chi connectivity index (χ2v) is 12.2. The molecule has 1 aliphatic heterocycles. The number of guanidine groups is 1. The monoisotopic (exact) mass is 622 g/mol. The third-order valence-electron chi connectivity index (χ3n) is 7.31. The molecule has 1 heterocycles. The van der Waals surface area contributed by atoms with Crippen molar-refractivity contribution in [1.82, 2.24) is 19.8 Å². The summed E-state index contributed by atoms with van der Waals surface area (Å²) in [6, 6.07) is 10.1. The van der Waals surface area contributed by atoms with E-state index in [4.69, 9.17) is 15.9 Å². The van der Waals surface area contributed by atoms with Crippen LogP contribution in [0.25, 0.3) is 10.8 Å². The average Bonchev–Trinajstić information content (AvgIpc) is 3.79. The van der Waals surface area contributed by atoms with Crippen molar-refractivity contribution in [3.63, 3.8) is 0 Å². The number of nitrogens with zero attached hydrogens (tertiary/aromatic N) is 2. The number of piperidine rings is 1. The summed E-state index contributed by atoms with van der Waals surface area (Å²) in [5, 5.41) is 12.8. The van der Waals surface area contributed by atoms with Crippen LogP contribution in [0.1, 0.15) is 39.0 Å². The zero-order chi connectivity index (χ0) is 29.6. The smallest absolute Gasteiger partial charge is 0.325 e. The third kappa shape index (κ3) is 8.63. The summed E-state index contributed by atoms with van der Waals surface area (Å²) < 4.78 is 34.6. The van der Waals surface area contributed by atoms with E-state index < -0.39 is 46.2 Å². The van der Waals surface area contributed by atoms with Gasteiger partial charge in [-0.3, -0.25) is 24.7 Å². The van der Waals surface area contributed by atoms with Crippen molar-refractivity contribution in [2.45, 2.75) is 56.0 Å². The summed E-state index contributed by atoms with van der Waals surface area (Å²) in [4.78, 5) is 41.9. The lowest BCUT2D eigenvalue weighted by Crippen LogP contribution is -2.54. The molecule has 230 valence electrons. The van der Waals surface area contributed by atoms with Crippen LogP contribution >= 0.6 is 12.4 Å². The summed E-state index contributed by atoms with van der Waals surface area (Å²) in [6.07, 6.45) is 2.49. The molecule has 0 radical (unpaired) electrons. The summed E-state index contributed by atoms with van der Waals surface area (Å²) in [5.41, 5.74) is 5.77. The minimum Gasteiger partial charge on any atom is -0.465 e. The number of fused-ring (bicyclic) bond motifs is 1. The van der Waals surface area contributed by atoms with Gasteiger partial charge in [0.25, 0.3) is 0 Å². The third-order valence-corrected chi connectivity index (χ3v) is 8.78. The zero-order valence-corrected chi connectivity index (χ0v) is 25.2. The van der Waals surface area contributed by atoms with E-state index in [1.165, 1.54) is 17.0 Å². The molecule has 0 spiro atoms. The first kappa shape index (κ1) is 33.2. The Bertz CT molecular complexity index is 1400. The second-order valence-electron chi connectivity index (χ2n) is 10.5. The van der Waals surface area contributed by atoms with Gasteiger partial charge in [0.2, 0.25) is 21.8 Å². The van der Waals surface area contributed by atoms with Crippen LogP contribution in [0.4, 0.5) is 0 Å². The van der Waals surface area contributed by atoms with E-state index in [0.29, 0.717) is 24.8 Å². The molecule has 12 nitrogen and oxygen atoms in total. The van der Waals surface area contributed by atoms with Gasteiger partial charge in [0.05, 0.1) is 17.9 Å². The summed E-state index contributed by atoms with van der Waals surface area (Å²) in [7, 11) is -4.27. The highest BCUT2D eigenvalue weighted by Crippen LogP contribution is 2.28. The lowest BCUT2D eigenvalue weighted by atomic mass is 9.99. The Labute approximate surface area is 252 Å². The van der Waals surface area contributed by atoms with E-state index in [0.717, 1.165) is 29.7 Å². The molecule has 2 aromatic carbocycles. The number of nitrogens with one attached hydrogen (secondary N) is 3. The lowest BCUT2D eigenvalue weighted by Gasteiger charge is -2.31. The van der Waals surface area contributed by atoms with Crippen LogP contribution < -0.4 is 15.8 Å². The maximum atomic E-state index is 13.8. The molecule has 0 bridgehead atoms. The molecule has 2 aromatic rings. The highest BCUT2D eigenvalue weighted by Gasteiger charge is 2.40. The molecular formula is C28H39ClN6O6S. The molecule has 2 aliphatic rings. The molecule has 0 aromatic heterocycles. The Morgan fingerprint density at radius 3 is 2.48 bits per heavy atom. The number of sulfonamides is 1. The topological polar surface area (TPSA) is 175 Å². The van der Waals surface area contributed by atoms with Gasteiger partial charge in [-0.15, -0.1) is 12.4 Å². The standard InChI is InChI=1S/C28H38N6O6S.ClH/c1-2-40-26(36)18-33(22-10-11-22)27(37)24(15-25(35)34(28(29)30)17-19-6-5-13-31-16-19)32-41(38,39)23-12-9-20-7-3-4-8-21(20)14-23;/h3-4,7-9,12,14,19,22,24,31-32H,2,5-6,10-11,13,15-18H2,1H3,(H3,29,30);1H/t19-,24-;/m0./s1. The summed E-state index contributed by atoms with van der Waals surface area (Å²) in [5.74, 6) is -2.40. The number of esters is 1. The van der Waals surface area contributed by atoms with E-state index in [1.54, 1.807) is 25.1 Å². The Hall–Kier alpha value is -3.26. The highest BCUT2D eigenvalue weighted by molar-refractivity contribution is 7.89. The van der Waals surface area contributed by atoms with Crippen molar-refractivity contribution in [2.75, 3.05) is 32.8 Å². The van der Waals surface area contributed by atoms with Gasteiger partial charge in [-0.2, -0.15) is 4.72 Å². The van der Waals surface area contributed by atoms with Crippen molar-refractivity contribution in [3.8, 4) is 0 Å². The predicted molar refractivity (Wildman–Crippen MR) is 161 cm³/mol. The van der Waals surface area contributed by atoms with Gasteiger partial charge >= 0.3 is 5.97 Å². The van der Waals surface area contributed by atoms with Crippen LogP contribution in [0.5, 0.6) is 0 Å². The molecule has 2 fully saturated rings. The molecule has 1 aliphatic carbocycles. The van der Waals surface area contributed by atoms with Crippen LogP contribution in [-0.2, 0) is 29.1 Å². The first-order chi connectivity index (χ1) is 19.6. The van der Waals surface area contributed by atoms with Crippen LogP contribution in [0, 0.1) is 11.3 Å². The van der Waals surface area contributed by atoms with Gasteiger partial charge in [-0.1, -0.05) is 30.3 Å². The maximum absolute atomic E-state index is 13.8. The van der Waals surface area contributed by atoms with Gasteiger partial charge in [0.15, 0.2) is 5.96 Å². The molecule has 0 unspecified atom stereocenters. The number of amides is 2. The van der Waals surface area contributed by atoms with Gasteiger partial charge in [-0.05, 0) is 74.5 Å². The summed E-state index contributed by atoms with van der Waals surface area (Å²) >= 11 is 0. The van der Waals surface area contributed by atoms with Crippen molar-refractivity contribution >= 4 is 56.9 Å². The molecular weight excluding hydrogens is 584 g/mol. The molecule has 1 saturated heterocycles. The molecule has 2 atom stereocenters. The van der Waals surface area contributed by atoms with Crippen LogP contribution in [0.3, 0.4) is 0 Å². The molecule has 14 heteroatoms. The number of ether oxygens (including phenoxy) is 1. The Kier molecular flexibility index (Phi) is 11.7. The van der Waals surface area contributed by atoms with Gasteiger partial charge in [0.1, 0.15) is 12.6 Å². The number of nitrogens with two attached hydrogens (primary N) is 1. The summed E-state index contributed by atoms with van der Waals surface area (Å²) in [6.45, 7) is 3.13. The number of benzene rings is 2. The number of halogens is 1. The Balaban J connectivity index is 0.00000484. The van der Waals surface area contributed by atoms with Gasteiger partial charge in [-0.25, -0.2) is 8.42 Å². The van der Waals surface area contributed by atoms with Gasteiger partial charge < -0.3 is 20.7 Å². The Morgan fingerprint density at radius 2 is 1.86 bits per heavy atom. The van der Waals surface area contributed by atoms with Crippen molar-refractivity contribution in [1.29, 1.82) is 5.41 Å². The minimum atomic E-state index is -4.27. The number of carbonyl (C=O) groups excluding carboxylic acids is 3. The van der Waals surface area contributed by atoms with Crippen LogP contribution in [0.2, 0.25) is 0 Å². The molecule has 4 rings (SSSR count). The van der Waals surface area contributed by atoms with Crippen molar-refractivity contribution < 1.29 is 27.5 Å². The first-order valence-corrected chi connectivity index (χ1v) is 15.4. The molecule has 42 heavy (non-hydrogen) atoms. The average molecular weight is 623 g/mol.